The number of nitrogens with zero attached hydrogens (tertiary/aromatic N) is 2. The highest BCUT2D eigenvalue weighted by molar-refractivity contribution is 5.76. The number of benzene rings is 2. The summed E-state index contributed by atoms with van der Waals surface area (Å²) in [5.41, 5.74) is 7.26. The van der Waals surface area contributed by atoms with E-state index < -0.39 is 5.60 Å². The summed E-state index contributed by atoms with van der Waals surface area (Å²) in [4.78, 5) is 4.60. The summed E-state index contributed by atoms with van der Waals surface area (Å²) >= 11 is 0. The van der Waals surface area contributed by atoms with Crippen molar-refractivity contribution in [3.8, 4) is 5.75 Å². The number of hydrogen-bond donors (Lipinski definition) is 1. The topological polar surface area (TPSA) is 53.1 Å². The molecule has 0 saturated carbocycles. The van der Waals surface area contributed by atoms with Crippen molar-refractivity contribution in [2.75, 3.05) is 5.73 Å². The van der Waals surface area contributed by atoms with Crippen LogP contribution >= 0.6 is 0 Å². The van der Waals surface area contributed by atoms with Crippen LogP contribution in [0.3, 0.4) is 0 Å². The van der Waals surface area contributed by atoms with E-state index in [2.05, 4.69) is 4.98 Å². The lowest BCUT2D eigenvalue weighted by Gasteiger charge is -2.26. The summed E-state index contributed by atoms with van der Waals surface area (Å²) in [6.45, 7) is 6.67. The van der Waals surface area contributed by atoms with Gasteiger partial charge in [-0.15, -0.1) is 0 Å². The van der Waals surface area contributed by atoms with Crippen LogP contribution in [0.1, 0.15) is 26.6 Å². The summed E-state index contributed by atoms with van der Waals surface area (Å²) in [6, 6.07) is 11.9. The van der Waals surface area contributed by atoms with Crippen LogP contribution in [-0.4, -0.2) is 9.55 Å². The lowest BCUT2D eigenvalue weighted by Crippen LogP contribution is -2.29. The first-order chi connectivity index (χ1) is 10.9. The smallest absolute Gasteiger partial charge is 0.161 e. The minimum atomic E-state index is -0.665. The predicted molar refractivity (Wildman–Crippen MR) is 89.9 cm³/mol. The number of aromatic nitrogens is 2. The molecule has 1 heterocycles. The van der Waals surface area contributed by atoms with Gasteiger partial charge in [0.1, 0.15) is 11.6 Å². The number of aryl methyl sites for hydroxylation is 1. The molecule has 0 unspecified atom stereocenters. The van der Waals surface area contributed by atoms with Crippen LogP contribution < -0.4 is 10.5 Å². The Morgan fingerprint density at radius 2 is 1.87 bits per heavy atom. The Kier molecular flexibility index (Phi) is 3.72. The van der Waals surface area contributed by atoms with Crippen molar-refractivity contribution >= 4 is 16.7 Å². The maximum atomic E-state index is 13.5. The molecule has 0 radical (unpaired) electrons. The molecular weight excluding hydrogens is 293 g/mol. The molecule has 2 aromatic carbocycles. The van der Waals surface area contributed by atoms with Gasteiger partial charge in [-0.25, -0.2) is 9.37 Å². The molecule has 2 N–H and O–H groups in total. The molecule has 3 aromatic rings. The first-order valence-electron chi connectivity index (χ1n) is 7.61. The zero-order chi connectivity index (χ0) is 16.6. The van der Waals surface area contributed by atoms with Crippen molar-refractivity contribution in [3.05, 3.63) is 54.1 Å². The molecule has 0 spiro atoms. The van der Waals surface area contributed by atoms with E-state index in [1.54, 1.807) is 18.2 Å². The summed E-state index contributed by atoms with van der Waals surface area (Å²) in [5, 5.41) is 0. The van der Waals surface area contributed by atoms with Gasteiger partial charge in [-0.05, 0) is 57.2 Å². The summed E-state index contributed by atoms with van der Waals surface area (Å²) in [7, 11) is 0. The average molecular weight is 313 g/mol. The van der Waals surface area contributed by atoms with Crippen LogP contribution in [0.4, 0.5) is 10.1 Å². The van der Waals surface area contributed by atoms with Gasteiger partial charge in [-0.2, -0.15) is 0 Å². The molecular formula is C18H20FN3O. The van der Waals surface area contributed by atoms with E-state index in [0.717, 1.165) is 17.9 Å². The fourth-order valence-electron chi connectivity index (χ4n) is 2.76. The summed E-state index contributed by atoms with van der Waals surface area (Å²) < 4.78 is 21.6. The third-order valence-electron chi connectivity index (χ3n) is 3.82. The van der Waals surface area contributed by atoms with Gasteiger partial charge in [0.15, 0.2) is 11.4 Å². The second kappa shape index (κ2) is 5.57. The van der Waals surface area contributed by atoms with Crippen molar-refractivity contribution in [2.45, 2.75) is 32.9 Å². The quantitative estimate of drug-likeness (QED) is 0.738. The minimum absolute atomic E-state index is 0.290. The number of nitrogens with two attached hydrogens (primary N) is 1. The van der Waals surface area contributed by atoms with E-state index in [9.17, 15) is 4.39 Å². The van der Waals surface area contributed by atoms with Gasteiger partial charge in [-0.3, -0.25) is 0 Å². The first kappa shape index (κ1) is 15.3. The fourth-order valence-corrected chi connectivity index (χ4v) is 2.76. The second-order valence-electron chi connectivity index (χ2n) is 5.99. The van der Waals surface area contributed by atoms with Crippen LogP contribution in [0.5, 0.6) is 5.75 Å². The highest BCUT2D eigenvalue weighted by atomic mass is 19.1. The molecule has 1 aromatic heterocycles. The molecule has 120 valence electrons. The van der Waals surface area contributed by atoms with Gasteiger partial charge < -0.3 is 15.0 Å². The number of ether oxygens (including phenoxy) is 1. The van der Waals surface area contributed by atoms with E-state index >= 15 is 0 Å². The van der Waals surface area contributed by atoms with Gasteiger partial charge in [0.05, 0.1) is 11.0 Å². The molecule has 5 heteroatoms. The minimum Gasteiger partial charge on any atom is -0.480 e. The summed E-state index contributed by atoms with van der Waals surface area (Å²) in [5.74, 6) is 1.18. The lowest BCUT2D eigenvalue weighted by atomic mass is 10.1. The van der Waals surface area contributed by atoms with Crippen LogP contribution in [0.2, 0.25) is 0 Å². The third kappa shape index (κ3) is 2.86. The van der Waals surface area contributed by atoms with Crippen molar-refractivity contribution in [1.82, 2.24) is 9.55 Å². The maximum Gasteiger partial charge on any atom is 0.161 e. The van der Waals surface area contributed by atoms with Gasteiger partial charge >= 0.3 is 0 Å². The molecule has 3 rings (SSSR count). The predicted octanol–water partition coefficient (Wildman–Crippen LogP) is 4.09. The van der Waals surface area contributed by atoms with Gasteiger partial charge in [0.25, 0.3) is 0 Å². The Balaban J connectivity index is 2.04. The Hall–Kier alpha value is -2.56. The van der Waals surface area contributed by atoms with Gasteiger partial charge in [-0.1, -0.05) is 0 Å². The van der Waals surface area contributed by atoms with E-state index in [-0.39, 0.29) is 5.82 Å². The molecule has 0 saturated heterocycles. The number of imidazole rings is 1. The molecule has 0 atom stereocenters. The number of hydrogen-bond acceptors (Lipinski definition) is 3. The SMILES string of the molecule is CCn1c(C(C)(C)Oc2ccc(N)cc2)nc2cc(F)ccc21. The number of halogens is 1. The molecule has 0 aliphatic heterocycles. The number of nitrogen functional groups attached to an aromatic ring is 1. The van der Waals surface area contributed by atoms with E-state index in [1.807, 2.05) is 37.5 Å². The van der Waals surface area contributed by atoms with E-state index in [0.29, 0.717) is 17.0 Å². The zero-order valence-electron chi connectivity index (χ0n) is 13.5. The van der Waals surface area contributed by atoms with Crippen LogP contribution in [0, 0.1) is 5.82 Å². The Labute approximate surface area is 134 Å². The standard InChI is InChI=1S/C18H20FN3O/c1-4-22-16-10-5-12(19)11-15(16)21-17(22)18(2,3)23-14-8-6-13(20)7-9-14/h5-11H,4,20H2,1-3H3. The van der Waals surface area contributed by atoms with Crippen molar-refractivity contribution in [3.63, 3.8) is 0 Å². The highest BCUT2D eigenvalue weighted by Crippen LogP contribution is 2.30. The van der Waals surface area contributed by atoms with E-state index in [4.69, 9.17) is 10.5 Å². The van der Waals surface area contributed by atoms with Crippen LogP contribution in [-0.2, 0) is 12.1 Å². The van der Waals surface area contributed by atoms with Gasteiger partial charge in [0.2, 0.25) is 0 Å². The Morgan fingerprint density at radius 1 is 1.17 bits per heavy atom. The zero-order valence-corrected chi connectivity index (χ0v) is 13.5. The number of rotatable bonds is 4. The lowest BCUT2D eigenvalue weighted by molar-refractivity contribution is 0.0949. The molecule has 0 aliphatic carbocycles. The highest BCUT2D eigenvalue weighted by Gasteiger charge is 2.29. The molecule has 0 aliphatic rings. The van der Waals surface area contributed by atoms with Crippen LogP contribution in [0.25, 0.3) is 11.0 Å². The van der Waals surface area contributed by atoms with Gasteiger partial charge in [0, 0.05) is 18.3 Å². The van der Waals surface area contributed by atoms with E-state index in [1.165, 1.54) is 12.1 Å². The van der Waals surface area contributed by atoms with Crippen LogP contribution in [0.15, 0.2) is 42.5 Å². The average Bonchev–Trinajstić information content (AvgIpc) is 2.88. The van der Waals surface area contributed by atoms with Crippen molar-refractivity contribution < 1.29 is 9.13 Å². The number of anilines is 1. The first-order valence-corrected chi connectivity index (χ1v) is 7.61. The maximum absolute atomic E-state index is 13.5. The second-order valence-corrected chi connectivity index (χ2v) is 5.99. The third-order valence-corrected chi connectivity index (χ3v) is 3.82. The molecule has 4 nitrogen and oxygen atoms in total. The molecule has 23 heavy (non-hydrogen) atoms. The number of fused-ring (bicyclic) bond motifs is 1. The normalized spacial score (nSPS) is 11.8. The Bertz CT molecular complexity index is 837. The molecule has 0 amide bonds. The molecule has 0 bridgehead atoms. The fraction of sp³-hybridized carbons (Fsp3) is 0.278. The largest absolute Gasteiger partial charge is 0.480 e. The monoisotopic (exact) mass is 313 g/mol. The Morgan fingerprint density at radius 3 is 2.52 bits per heavy atom. The molecule has 0 fully saturated rings. The summed E-state index contributed by atoms with van der Waals surface area (Å²) in [6.07, 6.45) is 0. The van der Waals surface area contributed by atoms with Crippen molar-refractivity contribution in [2.24, 2.45) is 0 Å². The van der Waals surface area contributed by atoms with Crippen molar-refractivity contribution in [1.29, 1.82) is 0 Å².